The van der Waals surface area contributed by atoms with Crippen molar-refractivity contribution in [2.24, 2.45) is 11.8 Å². The number of hydrogen-bond donors (Lipinski definition) is 0. The fourth-order valence-corrected chi connectivity index (χ4v) is 8.17. The van der Waals surface area contributed by atoms with E-state index in [1.807, 2.05) is 24.3 Å². The fourth-order valence-electron chi connectivity index (χ4n) is 8.17. The summed E-state index contributed by atoms with van der Waals surface area (Å²) < 4.78 is 42.6. The van der Waals surface area contributed by atoms with Gasteiger partial charge >= 0.3 is 11.9 Å². The van der Waals surface area contributed by atoms with Crippen LogP contribution in [-0.2, 0) is 19.1 Å². The Kier molecular flexibility index (Phi) is 6.00. The molecule has 2 aromatic rings. The molecule has 222 valence electrons. The molecule has 0 radical (unpaired) electrons. The highest BCUT2D eigenvalue weighted by Gasteiger charge is 2.56. The van der Waals surface area contributed by atoms with Crippen LogP contribution in [0.4, 0.5) is 0 Å². The Morgan fingerprint density at radius 2 is 1.76 bits per heavy atom. The van der Waals surface area contributed by atoms with E-state index in [0.717, 1.165) is 68.3 Å². The highest BCUT2D eigenvalue weighted by Crippen LogP contribution is 2.58. The summed E-state index contributed by atoms with van der Waals surface area (Å²) in [7, 11) is 1.63. The third-order valence-corrected chi connectivity index (χ3v) is 9.98. The molecule has 2 saturated heterocycles. The second-order valence-electron chi connectivity index (χ2n) is 12.2. The Morgan fingerprint density at radius 3 is 2.52 bits per heavy atom. The molecule has 10 nitrogen and oxygen atoms in total. The predicted molar refractivity (Wildman–Crippen MR) is 147 cm³/mol. The fraction of sp³-hybridized carbons (Fsp3) is 0.562. The Bertz CT molecular complexity index is 1450. The van der Waals surface area contributed by atoms with Gasteiger partial charge in [0.05, 0.1) is 19.6 Å². The quantitative estimate of drug-likeness (QED) is 0.484. The van der Waals surface area contributed by atoms with Gasteiger partial charge in [-0.1, -0.05) is 0 Å². The minimum Gasteiger partial charge on any atom is -0.493 e. The second-order valence-corrected chi connectivity index (χ2v) is 12.2. The van der Waals surface area contributed by atoms with Crippen LogP contribution in [0.25, 0.3) is 0 Å². The molecule has 1 saturated carbocycles. The number of benzene rings is 2. The van der Waals surface area contributed by atoms with Gasteiger partial charge in [-0.2, -0.15) is 0 Å². The molecular weight excluding hydrogens is 542 g/mol. The van der Waals surface area contributed by atoms with Crippen molar-refractivity contribution in [2.45, 2.75) is 69.3 Å². The number of carbonyl (C=O) groups excluding carboxylic acids is 2. The first-order valence-electron chi connectivity index (χ1n) is 15.1. The van der Waals surface area contributed by atoms with E-state index >= 15 is 0 Å². The van der Waals surface area contributed by atoms with Gasteiger partial charge in [0.2, 0.25) is 18.3 Å². The molecule has 2 aliphatic carbocycles. The Morgan fingerprint density at radius 1 is 0.976 bits per heavy atom. The van der Waals surface area contributed by atoms with Gasteiger partial charge in [0.25, 0.3) is 0 Å². The van der Waals surface area contributed by atoms with Gasteiger partial charge in [-0.25, -0.2) is 0 Å². The standard InChI is InChI=1S/C32H35NO9/c1-17(34)40-29-20-14-23-22(38-16-39-23)13-19(20)27(28-21(29)15-37-31(28)35)18-11-24(36-2)30-25(12-18)41-26-7-3-4-8-32(26,42-30)33-9-5-6-10-33/h11-14,21,26-29H,3-10,15-16H2,1-2H3/t21-,26?,27+,28-,29-,32?/m0/s1. The zero-order chi connectivity index (χ0) is 28.6. The Balaban J connectivity index is 1.27. The molecular formula is C32H35NO9. The van der Waals surface area contributed by atoms with Gasteiger partial charge in [0.1, 0.15) is 6.10 Å². The van der Waals surface area contributed by atoms with Crippen molar-refractivity contribution in [1.82, 2.24) is 4.90 Å². The maximum absolute atomic E-state index is 13.4. The SMILES string of the molecule is COc1cc([C@@H]2c3cc4c(cc3[C@H](OC(C)=O)[C@H]3COC(=O)[C@H]23)OCO4)cc2c1OC1(N3CCCC3)CCCCC1O2. The van der Waals surface area contributed by atoms with Crippen molar-refractivity contribution in [3.8, 4) is 28.7 Å². The van der Waals surface area contributed by atoms with E-state index < -0.39 is 29.6 Å². The first-order chi connectivity index (χ1) is 20.5. The van der Waals surface area contributed by atoms with Gasteiger partial charge in [0, 0.05) is 43.8 Å². The number of carbonyl (C=O) groups is 2. The molecule has 6 atom stereocenters. The number of rotatable bonds is 4. The van der Waals surface area contributed by atoms with Crippen molar-refractivity contribution < 1.29 is 42.7 Å². The first-order valence-corrected chi connectivity index (χ1v) is 15.1. The number of fused-ring (bicyclic) bond motifs is 5. The molecule has 6 aliphatic rings. The summed E-state index contributed by atoms with van der Waals surface area (Å²) in [5.41, 5.74) is 1.96. The number of cyclic esters (lactones) is 1. The van der Waals surface area contributed by atoms with Crippen molar-refractivity contribution in [3.05, 3.63) is 41.0 Å². The van der Waals surface area contributed by atoms with Gasteiger partial charge in [-0.05, 0) is 67.5 Å². The topological polar surface area (TPSA) is 102 Å². The van der Waals surface area contributed by atoms with Crippen LogP contribution in [0.5, 0.6) is 28.7 Å². The monoisotopic (exact) mass is 577 g/mol. The maximum atomic E-state index is 13.4. The summed E-state index contributed by atoms with van der Waals surface area (Å²) >= 11 is 0. The Labute approximate surface area is 244 Å². The highest BCUT2D eigenvalue weighted by atomic mass is 16.7. The number of ether oxygens (including phenoxy) is 7. The molecule has 4 aliphatic heterocycles. The van der Waals surface area contributed by atoms with Crippen molar-refractivity contribution >= 4 is 11.9 Å². The van der Waals surface area contributed by atoms with Crippen LogP contribution >= 0.6 is 0 Å². The predicted octanol–water partition coefficient (Wildman–Crippen LogP) is 4.47. The lowest BCUT2D eigenvalue weighted by molar-refractivity contribution is -0.180. The van der Waals surface area contributed by atoms with Gasteiger partial charge < -0.3 is 33.2 Å². The van der Waals surface area contributed by atoms with E-state index in [0.29, 0.717) is 28.7 Å². The minimum atomic E-state index is -0.651. The van der Waals surface area contributed by atoms with Crippen LogP contribution in [0, 0.1) is 11.8 Å². The van der Waals surface area contributed by atoms with Gasteiger partial charge in [0.15, 0.2) is 29.1 Å². The largest absolute Gasteiger partial charge is 0.493 e. The zero-order valence-electron chi connectivity index (χ0n) is 23.9. The molecule has 3 fully saturated rings. The maximum Gasteiger partial charge on any atom is 0.310 e. The molecule has 10 heteroatoms. The van der Waals surface area contributed by atoms with Crippen LogP contribution < -0.4 is 23.7 Å². The molecule has 0 amide bonds. The van der Waals surface area contributed by atoms with E-state index in [-0.39, 0.29) is 31.4 Å². The first kappa shape index (κ1) is 26.0. The number of hydrogen-bond acceptors (Lipinski definition) is 10. The summed E-state index contributed by atoms with van der Waals surface area (Å²) in [6.45, 7) is 3.64. The summed E-state index contributed by atoms with van der Waals surface area (Å²) in [6, 6.07) is 7.73. The summed E-state index contributed by atoms with van der Waals surface area (Å²) in [5, 5.41) is 0. The molecule has 42 heavy (non-hydrogen) atoms. The average molecular weight is 578 g/mol. The molecule has 0 bridgehead atoms. The van der Waals surface area contributed by atoms with Crippen molar-refractivity contribution in [3.63, 3.8) is 0 Å². The smallest absolute Gasteiger partial charge is 0.310 e. The van der Waals surface area contributed by atoms with Crippen LogP contribution in [-0.4, -0.2) is 62.3 Å². The zero-order valence-corrected chi connectivity index (χ0v) is 23.9. The lowest BCUT2D eigenvalue weighted by Crippen LogP contribution is -2.64. The summed E-state index contributed by atoms with van der Waals surface area (Å²) in [5.74, 6) is 0.881. The lowest BCUT2D eigenvalue weighted by atomic mass is 9.66. The molecule has 2 unspecified atom stereocenters. The average Bonchev–Trinajstić information content (AvgIpc) is 3.76. The lowest BCUT2D eigenvalue weighted by Gasteiger charge is -2.51. The van der Waals surface area contributed by atoms with E-state index in [4.69, 9.17) is 33.2 Å². The highest BCUT2D eigenvalue weighted by molar-refractivity contribution is 5.79. The van der Waals surface area contributed by atoms with E-state index in [1.165, 1.54) is 6.92 Å². The summed E-state index contributed by atoms with van der Waals surface area (Å²) in [6.07, 6.45) is 5.59. The number of nitrogens with zero attached hydrogens (tertiary/aromatic N) is 1. The normalized spacial score (nSPS) is 32.4. The molecule has 4 heterocycles. The van der Waals surface area contributed by atoms with Crippen molar-refractivity contribution in [2.75, 3.05) is 33.6 Å². The Hall–Kier alpha value is -3.66. The van der Waals surface area contributed by atoms with E-state index in [1.54, 1.807) is 7.11 Å². The summed E-state index contributed by atoms with van der Waals surface area (Å²) in [4.78, 5) is 28.0. The number of esters is 2. The van der Waals surface area contributed by atoms with Crippen LogP contribution in [0.15, 0.2) is 24.3 Å². The minimum absolute atomic E-state index is 0.0955. The molecule has 0 N–H and O–H groups in total. The van der Waals surface area contributed by atoms with Crippen LogP contribution in [0.2, 0.25) is 0 Å². The van der Waals surface area contributed by atoms with E-state index in [9.17, 15) is 9.59 Å². The van der Waals surface area contributed by atoms with E-state index in [2.05, 4.69) is 4.90 Å². The third-order valence-electron chi connectivity index (χ3n) is 9.98. The van der Waals surface area contributed by atoms with Crippen molar-refractivity contribution in [1.29, 1.82) is 0 Å². The number of methoxy groups -OCH3 is 1. The molecule has 0 spiro atoms. The van der Waals surface area contributed by atoms with Crippen LogP contribution in [0.3, 0.4) is 0 Å². The third kappa shape index (κ3) is 3.80. The molecule has 0 aromatic heterocycles. The number of likely N-dealkylation sites (tertiary alicyclic amines) is 1. The molecule has 2 aromatic carbocycles. The second kappa shape index (κ2) is 9.69. The van der Waals surface area contributed by atoms with Crippen LogP contribution in [0.1, 0.15) is 74.2 Å². The van der Waals surface area contributed by atoms with Gasteiger partial charge in [-0.15, -0.1) is 0 Å². The van der Waals surface area contributed by atoms with Gasteiger partial charge in [-0.3, -0.25) is 14.5 Å². The molecule has 8 rings (SSSR count).